The fourth-order valence-corrected chi connectivity index (χ4v) is 3.89. The summed E-state index contributed by atoms with van der Waals surface area (Å²) in [6, 6.07) is 16.6. The monoisotopic (exact) mass is 338 g/mol. The summed E-state index contributed by atoms with van der Waals surface area (Å²) in [5.41, 5.74) is 4.27. The van der Waals surface area contributed by atoms with E-state index in [0.29, 0.717) is 0 Å². The standard InChI is InChI=1S/C17H14N4S2/c1-12-4-2-5-13(10-12)11-23-17-19-18-16-8-7-14(20-21(16)17)15-6-3-9-22-15/h2-10H,11H2,1H3. The van der Waals surface area contributed by atoms with E-state index in [-0.39, 0.29) is 0 Å². The van der Waals surface area contributed by atoms with Gasteiger partial charge >= 0.3 is 0 Å². The summed E-state index contributed by atoms with van der Waals surface area (Å²) in [4.78, 5) is 1.15. The normalized spacial score (nSPS) is 11.2. The predicted octanol–water partition coefficient (Wildman–Crippen LogP) is 4.45. The van der Waals surface area contributed by atoms with E-state index in [2.05, 4.69) is 57.9 Å². The van der Waals surface area contributed by atoms with E-state index in [1.165, 1.54) is 11.1 Å². The van der Waals surface area contributed by atoms with Crippen molar-refractivity contribution in [3.63, 3.8) is 0 Å². The lowest BCUT2D eigenvalue weighted by Gasteiger charge is -2.02. The van der Waals surface area contributed by atoms with Gasteiger partial charge in [-0.05, 0) is 36.1 Å². The number of thiophene rings is 1. The van der Waals surface area contributed by atoms with Crippen molar-refractivity contribution in [3.05, 3.63) is 65.0 Å². The average molecular weight is 338 g/mol. The van der Waals surface area contributed by atoms with Crippen LogP contribution in [0.3, 0.4) is 0 Å². The SMILES string of the molecule is Cc1cccc(CSc2nnc3ccc(-c4cccs4)nn23)c1. The number of benzene rings is 1. The van der Waals surface area contributed by atoms with Crippen LogP contribution in [0.1, 0.15) is 11.1 Å². The Hall–Kier alpha value is -2.18. The second-order valence-corrected chi connectivity index (χ2v) is 7.12. The highest BCUT2D eigenvalue weighted by atomic mass is 32.2. The first-order valence-electron chi connectivity index (χ1n) is 7.24. The van der Waals surface area contributed by atoms with Gasteiger partial charge in [-0.1, -0.05) is 47.7 Å². The summed E-state index contributed by atoms with van der Waals surface area (Å²) in [5.74, 6) is 0.855. The summed E-state index contributed by atoms with van der Waals surface area (Å²) in [7, 11) is 0. The van der Waals surface area contributed by atoms with Crippen molar-refractivity contribution < 1.29 is 0 Å². The van der Waals surface area contributed by atoms with Gasteiger partial charge < -0.3 is 0 Å². The molecule has 0 bridgehead atoms. The summed E-state index contributed by atoms with van der Waals surface area (Å²) in [6.07, 6.45) is 0. The smallest absolute Gasteiger partial charge is 0.187 e. The van der Waals surface area contributed by atoms with Crippen molar-refractivity contribution in [2.24, 2.45) is 0 Å². The van der Waals surface area contributed by atoms with Crippen LogP contribution >= 0.6 is 23.1 Å². The third-order valence-electron chi connectivity index (χ3n) is 3.46. The van der Waals surface area contributed by atoms with Crippen LogP contribution in [0.15, 0.2) is 59.1 Å². The molecule has 3 aromatic heterocycles. The Balaban J connectivity index is 1.63. The van der Waals surface area contributed by atoms with Crippen molar-refractivity contribution in [3.8, 4) is 10.6 Å². The minimum absolute atomic E-state index is 0.775. The molecule has 0 fully saturated rings. The first-order chi connectivity index (χ1) is 11.3. The van der Waals surface area contributed by atoms with Crippen molar-refractivity contribution >= 4 is 28.7 Å². The summed E-state index contributed by atoms with van der Waals surface area (Å²) in [5, 5.41) is 16.0. The van der Waals surface area contributed by atoms with Gasteiger partial charge in [-0.3, -0.25) is 0 Å². The molecule has 0 saturated heterocycles. The number of rotatable bonds is 4. The Morgan fingerprint density at radius 2 is 2.04 bits per heavy atom. The third-order valence-corrected chi connectivity index (χ3v) is 5.34. The molecule has 0 atom stereocenters. The third kappa shape index (κ3) is 3.00. The zero-order chi connectivity index (χ0) is 15.6. The highest BCUT2D eigenvalue weighted by Crippen LogP contribution is 2.25. The van der Waals surface area contributed by atoms with Crippen LogP contribution in [0.4, 0.5) is 0 Å². The minimum Gasteiger partial charge on any atom is -0.187 e. The largest absolute Gasteiger partial charge is 0.212 e. The van der Waals surface area contributed by atoms with Gasteiger partial charge in [-0.25, -0.2) is 0 Å². The lowest BCUT2D eigenvalue weighted by Crippen LogP contribution is -1.95. The van der Waals surface area contributed by atoms with Crippen LogP contribution in [0, 0.1) is 6.92 Å². The molecule has 0 N–H and O–H groups in total. The number of aryl methyl sites for hydroxylation is 1. The number of thioether (sulfide) groups is 1. The first-order valence-corrected chi connectivity index (χ1v) is 9.11. The molecule has 4 rings (SSSR count). The Morgan fingerprint density at radius 1 is 1.09 bits per heavy atom. The fourth-order valence-electron chi connectivity index (χ4n) is 2.36. The molecule has 0 saturated carbocycles. The van der Waals surface area contributed by atoms with Gasteiger partial charge in [0.1, 0.15) is 5.69 Å². The molecule has 0 spiro atoms. The molecule has 0 aliphatic carbocycles. The van der Waals surface area contributed by atoms with Crippen molar-refractivity contribution in [2.45, 2.75) is 17.8 Å². The minimum atomic E-state index is 0.775. The van der Waals surface area contributed by atoms with Crippen LogP contribution in [0.2, 0.25) is 0 Å². The van der Waals surface area contributed by atoms with Gasteiger partial charge in [0, 0.05) is 5.75 Å². The molecule has 0 aliphatic rings. The first kappa shape index (κ1) is 14.4. The van der Waals surface area contributed by atoms with E-state index in [4.69, 9.17) is 0 Å². The molecule has 0 unspecified atom stereocenters. The maximum Gasteiger partial charge on any atom is 0.212 e. The van der Waals surface area contributed by atoms with E-state index in [9.17, 15) is 0 Å². The zero-order valence-electron chi connectivity index (χ0n) is 12.5. The maximum absolute atomic E-state index is 4.69. The van der Waals surface area contributed by atoms with Crippen LogP contribution < -0.4 is 0 Å². The molecule has 0 aliphatic heterocycles. The molecule has 1 aromatic carbocycles. The highest BCUT2D eigenvalue weighted by Gasteiger charge is 2.10. The molecule has 114 valence electrons. The topological polar surface area (TPSA) is 43.1 Å². The van der Waals surface area contributed by atoms with E-state index >= 15 is 0 Å². The molecular weight excluding hydrogens is 324 g/mol. The van der Waals surface area contributed by atoms with Crippen molar-refractivity contribution in [1.82, 2.24) is 19.8 Å². The van der Waals surface area contributed by atoms with Crippen LogP contribution in [0.5, 0.6) is 0 Å². The molecule has 4 nitrogen and oxygen atoms in total. The van der Waals surface area contributed by atoms with Crippen molar-refractivity contribution in [1.29, 1.82) is 0 Å². The molecule has 6 heteroatoms. The second-order valence-electron chi connectivity index (χ2n) is 5.23. The summed E-state index contributed by atoms with van der Waals surface area (Å²) < 4.78 is 1.83. The number of hydrogen-bond acceptors (Lipinski definition) is 5. The Bertz CT molecular complexity index is 944. The Kier molecular flexibility index (Phi) is 3.85. The van der Waals surface area contributed by atoms with E-state index in [0.717, 1.165) is 27.1 Å². The zero-order valence-corrected chi connectivity index (χ0v) is 14.1. The molecular formula is C17H14N4S2. The Morgan fingerprint density at radius 3 is 2.87 bits per heavy atom. The fraction of sp³-hybridized carbons (Fsp3) is 0.118. The van der Waals surface area contributed by atoms with E-state index < -0.39 is 0 Å². The number of nitrogens with zero attached hydrogens (tertiary/aromatic N) is 4. The lowest BCUT2D eigenvalue weighted by atomic mass is 10.2. The van der Waals surface area contributed by atoms with Gasteiger partial charge in [0.05, 0.1) is 4.88 Å². The number of aromatic nitrogens is 4. The van der Waals surface area contributed by atoms with Crippen LogP contribution in [0.25, 0.3) is 16.2 Å². The number of fused-ring (bicyclic) bond motifs is 1. The molecule has 23 heavy (non-hydrogen) atoms. The van der Waals surface area contributed by atoms with Gasteiger partial charge in [-0.2, -0.15) is 9.61 Å². The molecule has 0 amide bonds. The summed E-state index contributed by atoms with van der Waals surface area (Å²) >= 11 is 3.34. The van der Waals surface area contributed by atoms with Gasteiger partial charge in [0.25, 0.3) is 0 Å². The molecule has 4 aromatic rings. The quantitative estimate of drug-likeness (QED) is 0.516. The summed E-state index contributed by atoms with van der Waals surface area (Å²) in [6.45, 7) is 2.11. The van der Waals surface area contributed by atoms with Gasteiger partial charge in [0.2, 0.25) is 5.16 Å². The predicted molar refractivity (Wildman–Crippen MR) is 94.8 cm³/mol. The number of hydrogen-bond donors (Lipinski definition) is 0. The van der Waals surface area contributed by atoms with Crippen LogP contribution in [-0.2, 0) is 5.75 Å². The Labute approximate surface area is 142 Å². The average Bonchev–Trinajstić information content (AvgIpc) is 3.22. The van der Waals surface area contributed by atoms with Crippen molar-refractivity contribution in [2.75, 3.05) is 0 Å². The lowest BCUT2D eigenvalue weighted by molar-refractivity contribution is 0.813. The molecule has 0 radical (unpaired) electrons. The second kappa shape index (κ2) is 6.14. The van der Waals surface area contributed by atoms with Gasteiger partial charge in [0.15, 0.2) is 5.65 Å². The maximum atomic E-state index is 4.69. The van der Waals surface area contributed by atoms with E-state index in [1.807, 2.05) is 22.7 Å². The highest BCUT2D eigenvalue weighted by molar-refractivity contribution is 7.98. The van der Waals surface area contributed by atoms with E-state index in [1.54, 1.807) is 23.1 Å². The van der Waals surface area contributed by atoms with Crippen LogP contribution in [-0.4, -0.2) is 19.8 Å². The van der Waals surface area contributed by atoms with Gasteiger partial charge in [-0.15, -0.1) is 21.5 Å². The molecule has 3 heterocycles.